The van der Waals surface area contributed by atoms with Gasteiger partial charge >= 0.3 is 12.1 Å². The molecule has 1 amide bonds. The second-order valence-corrected chi connectivity index (χ2v) is 5.71. The van der Waals surface area contributed by atoms with Crippen LogP contribution in [0.25, 0.3) is 0 Å². The number of amides is 1. The highest BCUT2D eigenvalue weighted by Crippen LogP contribution is 2.20. The van der Waals surface area contributed by atoms with Crippen molar-refractivity contribution in [2.75, 3.05) is 20.2 Å². The Balaban J connectivity index is 2.52. The van der Waals surface area contributed by atoms with Crippen LogP contribution in [0.2, 0.25) is 0 Å². The lowest BCUT2D eigenvalue weighted by atomic mass is 9.98. The van der Waals surface area contributed by atoms with Gasteiger partial charge in [-0.3, -0.25) is 0 Å². The van der Waals surface area contributed by atoms with Crippen molar-refractivity contribution < 1.29 is 19.1 Å². The number of methoxy groups -OCH3 is 1. The SMILES string of the molecule is COC(=O)/C=C/[C@H]1CCCN(C(=O)OC(C)(C)C)C1. The molecule has 1 rings (SSSR count). The lowest BCUT2D eigenvalue weighted by Gasteiger charge is -2.33. The number of piperidine rings is 1. The van der Waals surface area contributed by atoms with Crippen molar-refractivity contribution in [2.24, 2.45) is 5.92 Å². The number of likely N-dealkylation sites (tertiary alicyclic amines) is 1. The minimum Gasteiger partial charge on any atom is -0.466 e. The summed E-state index contributed by atoms with van der Waals surface area (Å²) in [6.45, 7) is 6.84. The highest BCUT2D eigenvalue weighted by molar-refractivity contribution is 5.81. The van der Waals surface area contributed by atoms with Crippen LogP contribution in [0.4, 0.5) is 4.79 Å². The molecule has 5 nitrogen and oxygen atoms in total. The predicted octanol–water partition coefficient (Wildman–Crippen LogP) is 2.36. The summed E-state index contributed by atoms with van der Waals surface area (Å²) in [7, 11) is 1.35. The van der Waals surface area contributed by atoms with Gasteiger partial charge in [0.15, 0.2) is 0 Å². The summed E-state index contributed by atoms with van der Waals surface area (Å²) in [5.41, 5.74) is -0.480. The minimum atomic E-state index is -0.480. The average Bonchev–Trinajstić information content (AvgIpc) is 2.34. The van der Waals surface area contributed by atoms with E-state index < -0.39 is 5.60 Å². The smallest absolute Gasteiger partial charge is 0.410 e. The second-order valence-electron chi connectivity index (χ2n) is 5.71. The third-order valence-electron chi connectivity index (χ3n) is 2.82. The molecule has 0 aliphatic carbocycles. The molecule has 0 spiro atoms. The number of nitrogens with zero attached hydrogens (tertiary/aromatic N) is 1. The molecule has 0 unspecified atom stereocenters. The van der Waals surface area contributed by atoms with Crippen LogP contribution in [0.15, 0.2) is 12.2 Å². The molecule has 1 aliphatic rings. The zero-order valence-electron chi connectivity index (χ0n) is 12.1. The number of hydrogen-bond donors (Lipinski definition) is 0. The van der Waals surface area contributed by atoms with Gasteiger partial charge in [-0.1, -0.05) is 6.08 Å². The van der Waals surface area contributed by atoms with E-state index in [2.05, 4.69) is 4.74 Å². The van der Waals surface area contributed by atoms with Crippen molar-refractivity contribution in [3.8, 4) is 0 Å². The molecule has 5 heteroatoms. The molecule has 1 heterocycles. The van der Waals surface area contributed by atoms with Crippen LogP contribution >= 0.6 is 0 Å². The Kier molecular flexibility index (Phi) is 5.39. The van der Waals surface area contributed by atoms with Gasteiger partial charge in [-0.05, 0) is 39.5 Å². The zero-order valence-corrected chi connectivity index (χ0v) is 12.1. The van der Waals surface area contributed by atoms with Crippen LogP contribution in [-0.2, 0) is 14.3 Å². The first kappa shape index (κ1) is 15.5. The van der Waals surface area contributed by atoms with E-state index in [-0.39, 0.29) is 18.0 Å². The fourth-order valence-electron chi connectivity index (χ4n) is 1.94. The van der Waals surface area contributed by atoms with Gasteiger partial charge < -0.3 is 14.4 Å². The molecule has 0 bridgehead atoms. The van der Waals surface area contributed by atoms with Crippen LogP contribution in [0.3, 0.4) is 0 Å². The summed E-state index contributed by atoms with van der Waals surface area (Å²) in [6, 6.07) is 0. The fraction of sp³-hybridized carbons (Fsp3) is 0.714. The fourth-order valence-corrected chi connectivity index (χ4v) is 1.94. The normalized spacial score (nSPS) is 20.4. The topological polar surface area (TPSA) is 55.8 Å². The molecule has 0 saturated carbocycles. The van der Waals surface area contributed by atoms with Crippen molar-refractivity contribution in [2.45, 2.75) is 39.2 Å². The maximum Gasteiger partial charge on any atom is 0.410 e. The van der Waals surface area contributed by atoms with Crippen molar-refractivity contribution in [1.29, 1.82) is 0 Å². The van der Waals surface area contributed by atoms with E-state index in [1.54, 1.807) is 4.90 Å². The van der Waals surface area contributed by atoms with E-state index in [1.165, 1.54) is 13.2 Å². The molecular weight excluding hydrogens is 246 g/mol. The van der Waals surface area contributed by atoms with Crippen molar-refractivity contribution in [3.63, 3.8) is 0 Å². The maximum absolute atomic E-state index is 11.9. The van der Waals surface area contributed by atoms with Crippen LogP contribution in [0.5, 0.6) is 0 Å². The molecule has 0 aromatic rings. The average molecular weight is 269 g/mol. The van der Waals surface area contributed by atoms with Gasteiger partial charge in [0.25, 0.3) is 0 Å². The van der Waals surface area contributed by atoms with Gasteiger partial charge in [-0.15, -0.1) is 0 Å². The van der Waals surface area contributed by atoms with Crippen molar-refractivity contribution in [1.82, 2.24) is 4.90 Å². The lowest BCUT2D eigenvalue weighted by molar-refractivity contribution is -0.134. The second kappa shape index (κ2) is 6.59. The number of carbonyl (C=O) groups excluding carboxylic acids is 2. The van der Waals surface area contributed by atoms with Crippen molar-refractivity contribution >= 4 is 12.1 Å². The Bertz CT molecular complexity index is 357. The maximum atomic E-state index is 11.9. The van der Waals surface area contributed by atoms with Gasteiger partial charge in [0, 0.05) is 19.2 Å². The summed E-state index contributed by atoms with van der Waals surface area (Å²) in [4.78, 5) is 24.7. The first-order valence-electron chi connectivity index (χ1n) is 6.56. The standard InChI is InChI=1S/C14H23NO4/c1-14(2,3)19-13(17)15-9-5-6-11(10-15)7-8-12(16)18-4/h7-8,11H,5-6,9-10H2,1-4H3/b8-7+/t11-/m1/s1. The molecule has 0 aromatic heterocycles. The van der Waals surface area contributed by atoms with Gasteiger partial charge in [-0.25, -0.2) is 9.59 Å². The largest absolute Gasteiger partial charge is 0.466 e. The molecule has 1 saturated heterocycles. The number of ether oxygens (including phenoxy) is 2. The van der Waals surface area contributed by atoms with Crippen molar-refractivity contribution in [3.05, 3.63) is 12.2 Å². The molecule has 19 heavy (non-hydrogen) atoms. The molecule has 0 radical (unpaired) electrons. The lowest BCUT2D eigenvalue weighted by Crippen LogP contribution is -2.42. The summed E-state index contributed by atoms with van der Waals surface area (Å²) in [5.74, 6) is -0.185. The molecular formula is C14H23NO4. The van der Waals surface area contributed by atoms with Gasteiger partial charge in [0.05, 0.1) is 7.11 Å². The Hall–Kier alpha value is -1.52. The summed E-state index contributed by atoms with van der Waals surface area (Å²) < 4.78 is 9.89. The summed E-state index contributed by atoms with van der Waals surface area (Å²) in [6.07, 6.45) is 4.82. The molecule has 1 aliphatic heterocycles. The number of rotatable bonds is 2. The highest BCUT2D eigenvalue weighted by Gasteiger charge is 2.26. The van der Waals surface area contributed by atoms with E-state index in [1.807, 2.05) is 26.8 Å². The van der Waals surface area contributed by atoms with E-state index in [0.717, 1.165) is 12.8 Å². The monoisotopic (exact) mass is 269 g/mol. The van der Waals surface area contributed by atoms with Crippen LogP contribution in [0, 0.1) is 5.92 Å². The van der Waals surface area contributed by atoms with E-state index in [4.69, 9.17) is 4.74 Å². The van der Waals surface area contributed by atoms with Crippen LogP contribution in [0.1, 0.15) is 33.6 Å². The van der Waals surface area contributed by atoms with E-state index in [0.29, 0.717) is 13.1 Å². The Labute approximate surface area is 114 Å². The Morgan fingerprint density at radius 1 is 1.32 bits per heavy atom. The third-order valence-corrected chi connectivity index (χ3v) is 2.82. The Morgan fingerprint density at radius 3 is 2.58 bits per heavy atom. The number of esters is 1. The molecule has 1 fully saturated rings. The first-order chi connectivity index (χ1) is 8.81. The minimum absolute atomic E-state index is 0.181. The predicted molar refractivity (Wildman–Crippen MR) is 71.7 cm³/mol. The van der Waals surface area contributed by atoms with Gasteiger partial charge in [0.2, 0.25) is 0 Å². The summed E-state index contributed by atoms with van der Waals surface area (Å²) in [5, 5.41) is 0. The highest BCUT2D eigenvalue weighted by atomic mass is 16.6. The van der Waals surface area contributed by atoms with E-state index in [9.17, 15) is 9.59 Å². The zero-order chi connectivity index (χ0) is 14.5. The molecule has 0 N–H and O–H groups in total. The van der Waals surface area contributed by atoms with Gasteiger partial charge in [0.1, 0.15) is 5.60 Å². The van der Waals surface area contributed by atoms with Crippen LogP contribution < -0.4 is 0 Å². The third kappa shape index (κ3) is 5.77. The first-order valence-corrected chi connectivity index (χ1v) is 6.56. The van der Waals surface area contributed by atoms with Crippen LogP contribution in [-0.4, -0.2) is 42.8 Å². The number of hydrogen-bond acceptors (Lipinski definition) is 4. The van der Waals surface area contributed by atoms with Gasteiger partial charge in [-0.2, -0.15) is 0 Å². The molecule has 0 aromatic carbocycles. The van der Waals surface area contributed by atoms with E-state index >= 15 is 0 Å². The quantitative estimate of drug-likeness (QED) is 0.570. The Morgan fingerprint density at radius 2 is 2.00 bits per heavy atom. The number of carbonyl (C=O) groups is 2. The molecule has 108 valence electrons. The molecule has 1 atom stereocenters. The summed E-state index contributed by atoms with van der Waals surface area (Å²) >= 11 is 0.